The highest BCUT2D eigenvalue weighted by Crippen LogP contribution is 2.23. The number of anilines is 1. The molecule has 0 N–H and O–H groups in total. The molecule has 2 aromatic heterocycles. The number of morpholine rings is 1. The van der Waals surface area contributed by atoms with Gasteiger partial charge in [-0.2, -0.15) is 0 Å². The molecular formula is C14H17N5O. The molecule has 6 heteroatoms. The molecule has 0 bridgehead atoms. The minimum atomic E-state index is -0.0425. The SMILES string of the molecule is Cc1cc([C@H]2CN(c3ccncn3)CCO2)nc(C)n1. The maximum atomic E-state index is 5.85. The number of rotatable bonds is 2. The van der Waals surface area contributed by atoms with Gasteiger partial charge < -0.3 is 9.64 Å². The van der Waals surface area contributed by atoms with Gasteiger partial charge in [0.05, 0.1) is 18.8 Å². The van der Waals surface area contributed by atoms with Gasteiger partial charge in [0.25, 0.3) is 0 Å². The van der Waals surface area contributed by atoms with Crippen LogP contribution in [0.4, 0.5) is 5.82 Å². The highest BCUT2D eigenvalue weighted by atomic mass is 16.5. The molecule has 0 radical (unpaired) electrons. The standard InChI is InChI=1S/C14H17N5O/c1-10-7-12(18-11(2)17-10)13-8-19(5-6-20-13)14-3-4-15-9-16-14/h3-4,7,9,13H,5-6,8H2,1-2H3/t13-/m1/s1. The Hall–Kier alpha value is -2.08. The van der Waals surface area contributed by atoms with Crippen molar-refractivity contribution in [3.63, 3.8) is 0 Å². The third-order valence-corrected chi connectivity index (χ3v) is 3.27. The van der Waals surface area contributed by atoms with Crippen LogP contribution in [0.1, 0.15) is 23.3 Å². The van der Waals surface area contributed by atoms with E-state index < -0.39 is 0 Å². The molecule has 1 atom stereocenters. The van der Waals surface area contributed by atoms with Gasteiger partial charge in [-0.15, -0.1) is 0 Å². The summed E-state index contributed by atoms with van der Waals surface area (Å²) in [5.41, 5.74) is 1.91. The van der Waals surface area contributed by atoms with Crippen LogP contribution in [0.5, 0.6) is 0 Å². The number of aryl methyl sites for hydroxylation is 2. The van der Waals surface area contributed by atoms with Crippen LogP contribution in [0.25, 0.3) is 0 Å². The zero-order chi connectivity index (χ0) is 13.9. The predicted molar refractivity (Wildman–Crippen MR) is 74.4 cm³/mol. The Morgan fingerprint density at radius 3 is 2.95 bits per heavy atom. The summed E-state index contributed by atoms with van der Waals surface area (Å²) in [6, 6.07) is 3.90. The lowest BCUT2D eigenvalue weighted by Crippen LogP contribution is -2.39. The van der Waals surface area contributed by atoms with E-state index in [1.54, 1.807) is 12.5 Å². The molecule has 2 aromatic rings. The molecule has 1 saturated heterocycles. The highest BCUT2D eigenvalue weighted by Gasteiger charge is 2.24. The van der Waals surface area contributed by atoms with Crippen molar-refractivity contribution in [1.82, 2.24) is 19.9 Å². The Bertz CT molecular complexity index is 569. The van der Waals surface area contributed by atoms with Crippen molar-refractivity contribution in [2.75, 3.05) is 24.6 Å². The van der Waals surface area contributed by atoms with Gasteiger partial charge in [0.15, 0.2) is 0 Å². The van der Waals surface area contributed by atoms with E-state index in [1.165, 1.54) is 0 Å². The molecule has 0 aromatic carbocycles. The number of hydrogen-bond donors (Lipinski definition) is 0. The van der Waals surface area contributed by atoms with Gasteiger partial charge >= 0.3 is 0 Å². The Morgan fingerprint density at radius 2 is 2.20 bits per heavy atom. The fraction of sp³-hybridized carbons (Fsp3) is 0.429. The van der Waals surface area contributed by atoms with Gasteiger partial charge in [0.2, 0.25) is 0 Å². The monoisotopic (exact) mass is 271 g/mol. The fourth-order valence-corrected chi connectivity index (χ4v) is 2.42. The van der Waals surface area contributed by atoms with Gasteiger partial charge in [-0.05, 0) is 26.0 Å². The summed E-state index contributed by atoms with van der Waals surface area (Å²) in [5, 5.41) is 0. The Balaban J connectivity index is 1.81. The molecule has 6 nitrogen and oxygen atoms in total. The van der Waals surface area contributed by atoms with Crippen molar-refractivity contribution in [3.05, 3.63) is 41.9 Å². The molecule has 3 rings (SSSR count). The molecule has 20 heavy (non-hydrogen) atoms. The largest absolute Gasteiger partial charge is 0.368 e. The van der Waals surface area contributed by atoms with E-state index in [-0.39, 0.29) is 6.10 Å². The molecule has 1 aliphatic heterocycles. The zero-order valence-electron chi connectivity index (χ0n) is 11.7. The number of nitrogens with zero attached hydrogens (tertiary/aromatic N) is 5. The normalized spacial score (nSPS) is 19.1. The van der Waals surface area contributed by atoms with Crippen molar-refractivity contribution in [2.45, 2.75) is 20.0 Å². The van der Waals surface area contributed by atoms with E-state index in [4.69, 9.17) is 4.74 Å². The Morgan fingerprint density at radius 1 is 1.30 bits per heavy atom. The van der Waals surface area contributed by atoms with E-state index in [0.717, 1.165) is 36.1 Å². The van der Waals surface area contributed by atoms with Crippen molar-refractivity contribution in [1.29, 1.82) is 0 Å². The van der Waals surface area contributed by atoms with Crippen molar-refractivity contribution >= 4 is 5.82 Å². The molecule has 3 heterocycles. The van der Waals surface area contributed by atoms with Crippen molar-refractivity contribution in [3.8, 4) is 0 Å². The summed E-state index contributed by atoms with van der Waals surface area (Å²) in [4.78, 5) is 19.2. The van der Waals surface area contributed by atoms with E-state index in [1.807, 2.05) is 26.0 Å². The van der Waals surface area contributed by atoms with Gasteiger partial charge in [-0.25, -0.2) is 19.9 Å². The maximum absolute atomic E-state index is 5.85. The summed E-state index contributed by atoms with van der Waals surface area (Å²) >= 11 is 0. The first-order valence-corrected chi connectivity index (χ1v) is 6.67. The molecule has 1 fully saturated rings. The van der Waals surface area contributed by atoms with Gasteiger partial charge in [0, 0.05) is 18.4 Å². The molecule has 104 valence electrons. The Labute approximate surface area is 117 Å². The summed E-state index contributed by atoms with van der Waals surface area (Å²) in [7, 11) is 0. The first-order chi connectivity index (χ1) is 9.72. The zero-order valence-corrected chi connectivity index (χ0v) is 11.7. The molecule has 0 saturated carbocycles. The lowest BCUT2D eigenvalue weighted by Gasteiger charge is -2.33. The van der Waals surface area contributed by atoms with E-state index >= 15 is 0 Å². The minimum absolute atomic E-state index is 0.0425. The van der Waals surface area contributed by atoms with Gasteiger partial charge in [0.1, 0.15) is 24.1 Å². The summed E-state index contributed by atoms with van der Waals surface area (Å²) < 4.78 is 5.85. The van der Waals surface area contributed by atoms with Crippen LogP contribution in [0, 0.1) is 13.8 Å². The summed E-state index contributed by atoms with van der Waals surface area (Å²) in [5.74, 6) is 1.71. The molecule has 1 aliphatic rings. The average Bonchev–Trinajstić information content (AvgIpc) is 2.47. The van der Waals surface area contributed by atoms with Crippen LogP contribution in [0.2, 0.25) is 0 Å². The third-order valence-electron chi connectivity index (χ3n) is 3.27. The quantitative estimate of drug-likeness (QED) is 0.824. The van der Waals surface area contributed by atoms with E-state index in [2.05, 4.69) is 24.8 Å². The number of aromatic nitrogens is 4. The number of ether oxygens (including phenoxy) is 1. The summed E-state index contributed by atoms with van der Waals surface area (Å²) in [6.45, 7) is 6.12. The van der Waals surface area contributed by atoms with E-state index in [9.17, 15) is 0 Å². The van der Waals surface area contributed by atoms with Crippen LogP contribution >= 0.6 is 0 Å². The second-order valence-electron chi connectivity index (χ2n) is 4.85. The van der Waals surface area contributed by atoms with Crippen molar-refractivity contribution < 1.29 is 4.74 Å². The van der Waals surface area contributed by atoms with Crippen LogP contribution in [0.15, 0.2) is 24.7 Å². The lowest BCUT2D eigenvalue weighted by molar-refractivity contribution is 0.0365. The first-order valence-electron chi connectivity index (χ1n) is 6.67. The van der Waals surface area contributed by atoms with E-state index in [0.29, 0.717) is 6.61 Å². The minimum Gasteiger partial charge on any atom is -0.368 e. The fourth-order valence-electron chi connectivity index (χ4n) is 2.42. The van der Waals surface area contributed by atoms with Crippen LogP contribution in [-0.4, -0.2) is 39.6 Å². The predicted octanol–water partition coefficient (Wildman–Crippen LogP) is 1.46. The highest BCUT2D eigenvalue weighted by molar-refractivity contribution is 5.37. The average molecular weight is 271 g/mol. The number of hydrogen-bond acceptors (Lipinski definition) is 6. The lowest BCUT2D eigenvalue weighted by atomic mass is 10.1. The summed E-state index contributed by atoms with van der Waals surface area (Å²) in [6.07, 6.45) is 3.28. The third kappa shape index (κ3) is 2.75. The molecule has 0 aliphatic carbocycles. The van der Waals surface area contributed by atoms with Crippen LogP contribution in [-0.2, 0) is 4.74 Å². The van der Waals surface area contributed by atoms with Crippen molar-refractivity contribution in [2.24, 2.45) is 0 Å². The van der Waals surface area contributed by atoms with Gasteiger partial charge in [-0.1, -0.05) is 0 Å². The molecule has 0 amide bonds. The molecule has 0 unspecified atom stereocenters. The second kappa shape index (κ2) is 5.50. The smallest absolute Gasteiger partial charge is 0.132 e. The first kappa shape index (κ1) is 12.9. The van der Waals surface area contributed by atoms with Gasteiger partial charge in [-0.3, -0.25) is 0 Å². The van der Waals surface area contributed by atoms with Crippen LogP contribution < -0.4 is 4.90 Å². The molecular weight excluding hydrogens is 254 g/mol. The Kier molecular flexibility index (Phi) is 3.56. The second-order valence-corrected chi connectivity index (χ2v) is 4.85. The maximum Gasteiger partial charge on any atom is 0.132 e. The topological polar surface area (TPSA) is 64.0 Å². The molecule has 0 spiro atoms. The van der Waals surface area contributed by atoms with Crippen LogP contribution in [0.3, 0.4) is 0 Å².